The molecule has 1 unspecified atom stereocenters. The number of thiazole rings is 1. The zero-order valence-corrected chi connectivity index (χ0v) is 7.92. The van der Waals surface area contributed by atoms with E-state index in [-0.39, 0.29) is 10.7 Å². The number of aromatic nitrogens is 1. The van der Waals surface area contributed by atoms with Crippen molar-refractivity contribution in [2.24, 2.45) is 0 Å². The molecule has 14 heavy (non-hydrogen) atoms. The molecule has 1 aromatic rings. The van der Waals surface area contributed by atoms with Crippen LogP contribution in [0, 0.1) is 0 Å². The predicted molar refractivity (Wildman–Crippen MR) is 44.4 cm³/mol. The summed E-state index contributed by atoms with van der Waals surface area (Å²) in [6, 6.07) is 0. The largest absolute Gasteiger partial charge is 0.464 e. The lowest BCUT2D eigenvalue weighted by Crippen LogP contribution is -2.08. The molecule has 1 aromatic heterocycles. The van der Waals surface area contributed by atoms with Gasteiger partial charge in [0.1, 0.15) is 5.01 Å². The highest BCUT2D eigenvalue weighted by Crippen LogP contribution is 2.23. The number of hydrogen-bond donors (Lipinski definition) is 1. The number of nitrogens with zero attached hydrogens (tertiary/aromatic N) is 1. The minimum atomic E-state index is -2.91. The Morgan fingerprint density at radius 3 is 2.86 bits per heavy atom. The van der Waals surface area contributed by atoms with Crippen molar-refractivity contribution in [3.63, 3.8) is 0 Å². The summed E-state index contributed by atoms with van der Waals surface area (Å²) in [4.78, 5) is 14.4. The van der Waals surface area contributed by atoms with Crippen LogP contribution in [-0.4, -0.2) is 29.6 Å². The van der Waals surface area contributed by atoms with Gasteiger partial charge in [0.25, 0.3) is 6.43 Å². The van der Waals surface area contributed by atoms with E-state index in [4.69, 9.17) is 5.11 Å². The number of carbonyl (C=O) groups excluding carboxylic acids is 1. The van der Waals surface area contributed by atoms with E-state index in [1.807, 2.05) is 0 Å². The van der Waals surface area contributed by atoms with Crippen LogP contribution in [0.5, 0.6) is 0 Å². The molecule has 0 aliphatic carbocycles. The van der Waals surface area contributed by atoms with E-state index in [2.05, 4.69) is 9.72 Å². The van der Waals surface area contributed by atoms with Crippen LogP contribution >= 0.6 is 11.3 Å². The van der Waals surface area contributed by atoms with Gasteiger partial charge in [0.05, 0.1) is 7.11 Å². The second kappa shape index (κ2) is 4.43. The Morgan fingerprint density at radius 2 is 2.36 bits per heavy atom. The summed E-state index contributed by atoms with van der Waals surface area (Å²) in [6.07, 6.45) is -4.86. The first-order valence-electron chi connectivity index (χ1n) is 3.56. The Kier molecular flexibility index (Phi) is 3.48. The predicted octanol–water partition coefficient (Wildman–Crippen LogP) is 1.23. The van der Waals surface area contributed by atoms with E-state index in [1.54, 1.807) is 0 Å². The van der Waals surface area contributed by atoms with Crippen molar-refractivity contribution in [1.82, 2.24) is 4.98 Å². The third kappa shape index (κ3) is 2.24. The van der Waals surface area contributed by atoms with Crippen molar-refractivity contribution < 1.29 is 23.4 Å². The molecule has 0 radical (unpaired) electrons. The van der Waals surface area contributed by atoms with E-state index >= 15 is 0 Å². The van der Waals surface area contributed by atoms with Gasteiger partial charge in [0, 0.05) is 5.38 Å². The lowest BCUT2D eigenvalue weighted by atomic mass is 10.4. The van der Waals surface area contributed by atoms with Crippen molar-refractivity contribution in [3.05, 3.63) is 16.1 Å². The maximum absolute atomic E-state index is 12.0. The third-order valence-electron chi connectivity index (χ3n) is 1.41. The van der Waals surface area contributed by atoms with Gasteiger partial charge in [-0.25, -0.2) is 18.6 Å². The number of alkyl halides is 2. The molecule has 7 heteroatoms. The average molecular weight is 223 g/mol. The van der Waals surface area contributed by atoms with E-state index in [0.717, 1.165) is 18.4 Å². The molecule has 1 heterocycles. The second-order valence-electron chi connectivity index (χ2n) is 2.34. The quantitative estimate of drug-likeness (QED) is 0.783. The normalized spacial score (nSPS) is 12.9. The van der Waals surface area contributed by atoms with Crippen molar-refractivity contribution in [2.75, 3.05) is 7.11 Å². The number of hydrogen-bond acceptors (Lipinski definition) is 5. The number of ether oxygens (including phenoxy) is 1. The maximum atomic E-state index is 12.0. The van der Waals surface area contributed by atoms with E-state index in [0.29, 0.717) is 0 Å². The summed E-state index contributed by atoms with van der Waals surface area (Å²) in [5.74, 6) is -0.714. The van der Waals surface area contributed by atoms with Crippen LogP contribution in [0.2, 0.25) is 0 Å². The van der Waals surface area contributed by atoms with Gasteiger partial charge in [0.2, 0.25) is 0 Å². The lowest BCUT2D eigenvalue weighted by Gasteiger charge is -2.03. The first-order valence-corrected chi connectivity index (χ1v) is 4.44. The molecule has 78 valence electrons. The standard InChI is InChI=1S/C7H7F2NO3S/c1-13-7(12)3-2-14-6(10-3)4(11)5(8)9/h2,4-5,11H,1H3. The van der Waals surface area contributed by atoms with Crippen LogP contribution in [0.4, 0.5) is 8.78 Å². The van der Waals surface area contributed by atoms with Gasteiger partial charge in [-0.05, 0) is 0 Å². The lowest BCUT2D eigenvalue weighted by molar-refractivity contribution is -0.00601. The topological polar surface area (TPSA) is 59.4 Å². The number of aliphatic hydroxyl groups excluding tert-OH is 1. The number of esters is 1. The molecule has 0 aromatic carbocycles. The summed E-state index contributed by atoms with van der Waals surface area (Å²) in [5, 5.41) is 9.97. The fourth-order valence-corrected chi connectivity index (χ4v) is 1.50. The average Bonchev–Trinajstić information content (AvgIpc) is 2.64. The molecule has 1 N–H and O–H groups in total. The fraction of sp³-hybridized carbons (Fsp3) is 0.429. The van der Waals surface area contributed by atoms with Gasteiger partial charge >= 0.3 is 5.97 Å². The third-order valence-corrected chi connectivity index (χ3v) is 2.32. The number of aliphatic hydroxyl groups is 1. The zero-order chi connectivity index (χ0) is 10.7. The molecule has 0 spiro atoms. The molecule has 0 amide bonds. The summed E-state index contributed by atoms with van der Waals surface area (Å²) < 4.78 is 28.3. The van der Waals surface area contributed by atoms with Crippen molar-refractivity contribution in [2.45, 2.75) is 12.5 Å². The van der Waals surface area contributed by atoms with Crippen LogP contribution in [-0.2, 0) is 4.74 Å². The first-order chi connectivity index (χ1) is 6.56. The molecule has 0 aliphatic heterocycles. The Labute approximate surface area is 82.2 Å². The van der Waals surface area contributed by atoms with E-state index < -0.39 is 18.5 Å². The van der Waals surface area contributed by atoms with Gasteiger partial charge in [-0.1, -0.05) is 0 Å². The molecule has 1 rings (SSSR count). The Bertz CT molecular complexity index is 328. The Balaban J connectivity index is 2.82. The maximum Gasteiger partial charge on any atom is 0.357 e. The molecule has 0 saturated heterocycles. The highest BCUT2D eigenvalue weighted by atomic mass is 32.1. The zero-order valence-electron chi connectivity index (χ0n) is 7.11. The Morgan fingerprint density at radius 1 is 1.71 bits per heavy atom. The van der Waals surface area contributed by atoms with Gasteiger partial charge in [-0.3, -0.25) is 0 Å². The first kappa shape index (κ1) is 11.0. The van der Waals surface area contributed by atoms with Crippen LogP contribution in [0.25, 0.3) is 0 Å². The van der Waals surface area contributed by atoms with E-state index in [9.17, 15) is 13.6 Å². The second-order valence-corrected chi connectivity index (χ2v) is 3.23. The molecular formula is C7H7F2NO3S. The molecule has 0 bridgehead atoms. The van der Waals surface area contributed by atoms with Gasteiger partial charge in [0.15, 0.2) is 11.8 Å². The van der Waals surface area contributed by atoms with Gasteiger partial charge in [-0.15, -0.1) is 11.3 Å². The van der Waals surface area contributed by atoms with Crippen molar-refractivity contribution in [1.29, 1.82) is 0 Å². The van der Waals surface area contributed by atoms with Crippen LogP contribution in [0.1, 0.15) is 21.6 Å². The molecule has 0 aliphatic rings. The van der Waals surface area contributed by atoms with Gasteiger partial charge < -0.3 is 9.84 Å². The number of halogens is 2. The molecule has 4 nitrogen and oxygen atoms in total. The van der Waals surface area contributed by atoms with Crippen LogP contribution in [0.3, 0.4) is 0 Å². The highest BCUT2D eigenvalue weighted by molar-refractivity contribution is 7.09. The number of carbonyl (C=O) groups is 1. The van der Waals surface area contributed by atoms with Crippen molar-refractivity contribution >= 4 is 17.3 Å². The summed E-state index contributed by atoms with van der Waals surface area (Å²) in [6.45, 7) is 0. The smallest absolute Gasteiger partial charge is 0.357 e. The molecule has 0 saturated carbocycles. The van der Waals surface area contributed by atoms with E-state index in [1.165, 1.54) is 5.38 Å². The number of rotatable bonds is 3. The summed E-state index contributed by atoms with van der Waals surface area (Å²) in [7, 11) is 1.16. The minimum absolute atomic E-state index is 0.0767. The highest BCUT2D eigenvalue weighted by Gasteiger charge is 2.23. The monoisotopic (exact) mass is 223 g/mol. The van der Waals surface area contributed by atoms with Crippen LogP contribution in [0.15, 0.2) is 5.38 Å². The number of methoxy groups -OCH3 is 1. The Hall–Kier alpha value is -1.08. The fourth-order valence-electron chi connectivity index (χ4n) is 0.730. The summed E-state index contributed by atoms with van der Waals surface area (Å²) >= 11 is 0.788. The van der Waals surface area contributed by atoms with Crippen LogP contribution < -0.4 is 0 Å². The molecule has 1 atom stereocenters. The minimum Gasteiger partial charge on any atom is -0.464 e. The molecular weight excluding hydrogens is 216 g/mol. The summed E-state index contributed by atoms with van der Waals surface area (Å²) in [5.41, 5.74) is -0.0767. The SMILES string of the molecule is COC(=O)c1csc(C(O)C(F)F)n1. The van der Waals surface area contributed by atoms with Crippen molar-refractivity contribution in [3.8, 4) is 0 Å². The molecule has 0 fully saturated rings. The van der Waals surface area contributed by atoms with Gasteiger partial charge in [-0.2, -0.15) is 0 Å².